The largest absolute Gasteiger partial charge is 0.454 e. The van der Waals surface area contributed by atoms with E-state index in [2.05, 4.69) is 15.7 Å². The van der Waals surface area contributed by atoms with Crippen LogP contribution in [0.4, 0.5) is 28.0 Å². The van der Waals surface area contributed by atoms with Crippen molar-refractivity contribution in [3.05, 3.63) is 107 Å². The second-order valence-electron chi connectivity index (χ2n) is 9.90. The number of anilines is 1. The van der Waals surface area contributed by atoms with Crippen molar-refractivity contribution in [1.29, 1.82) is 0 Å². The van der Waals surface area contributed by atoms with Gasteiger partial charge in [-0.3, -0.25) is 9.63 Å². The van der Waals surface area contributed by atoms with Crippen LogP contribution in [0.3, 0.4) is 0 Å². The molecule has 1 aromatic heterocycles. The highest BCUT2D eigenvalue weighted by molar-refractivity contribution is 6.04. The van der Waals surface area contributed by atoms with Crippen molar-refractivity contribution in [1.82, 2.24) is 15.3 Å². The van der Waals surface area contributed by atoms with Crippen LogP contribution in [0.5, 0.6) is 11.5 Å². The molecule has 4 aromatic rings. The fourth-order valence-corrected chi connectivity index (χ4v) is 3.94. The molecular weight excluding hydrogens is 544 g/mol. The van der Waals surface area contributed by atoms with E-state index in [1.807, 2.05) is 0 Å². The number of halogens is 4. The maximum Gasteiger partial charge on any atom is 0.435 e. The van der Waals surface area contributed by atoms with Crippen molar-refractivity contribution < 1.29 is 36.7 Å². The van der Waals surface area contributed by atoms with Gasteiger partial charge in [-0.1, -0.05) is 80.2 Å². The van der Waals surface area contributed by atoms with Crippen LogP contribution < -0.4 is 20.2 Å². The summed E-state index contributed by atoms with van der Waals surface area (Å²) in [4.78, 5) is 31.3. The van der Waals surface area contributed by atoms with Crippen molar-refractivity contribution in [2.75, 3.05) is 5.32 Å². The monoisotopic (exact) mass is 570 g/mol. The molecule has 0 aliphatic heterocycles. The summed E-state index contributed by atoms with van der Waals surface area (Å²) in [7, 11) is 0. The highest BCUT2D eigenvalue weighted by atomic mass is 19.4. The molecule has 0 bridgehead atoms. The molecule has 0 aliphatic carbocycles. The zero-order valence-corrected chi connectivity index (χ0v) is 22.3. The van der Waals surface area contributed by atoms with Crippen molar-refractivity contribution in [2.24, 2.45) is 0 Å². The first-order valence-electron chi connectivity index (χ1n) is 12.4. The molecule has 0 spiro atoms. The van der Waals surface area contributed by atoms with Crippen molar-refractivity contribution in [3.63, 3.8) is 0 Å². The number of alkyl halides is 3. The van der Waals surface area contributed by atoms with E-state index in [-0.39, 0.29) is 22.8 Å². The number of carbonyl (C=O) groups is 2. The Bertz CT molecular complexity index is 1530. The lowest BCUT2D eigenvalue weighted by atomic mass is 9.84. The Morgan fingerprint density at radius 3 is 2.15 bits per heavy atom. The number of hydrogen-bond acceptors (Lipinski definition) is 5. The number of aromatic nitrogens is 2. The predicted molar refractivity (Wildman–Crippen MR) is 142 cm³/mol. The molecule has 12 heteroatoms. The van der Waals surface area contributed by atoms with Crippen LogP contribution in [-0.2, 0) is 18.1 Å². The van der Waals surface area contributed by atoms with E-state index in [4.69, 9.17) is 9.57 Å². The topological polar surface area (TPSA) is 94.5 Å². The molecule has 4 rings (SSSR count). The zero-order valence-electron chi connectivity index (χ0n) is 22.3. The van der Waals surface area contributed by atoms with Crippen molar-refractivity contribution in [3.8, 4) is 11.5 Å². The number of para-hydroxylation sites is 1. The van der Waals surface area contributed by atoms with Crippen LogP contribution in [0.2, 0.25) is 0 Å². The molecule has 214 valence electrons. The molecule has 0 atom stereocenters. The zero-order chi connectivity index (χ0) is 29.8. The summed E-state index contributed by atoms with van der Waals surface area (Å²) in [6, 6.07) is 20.9. The van der Waals surface area contributed by atoms with E-state index < -0.39 is 46.4 Å². The average molecular weight is 571 g/mol. The average Bonchev–Trinajstić information content (AvgIpc) is 3.32. The van der Waals surface area contributed by atoms with Gasteiger partial charge in [-0.2, -0.15) is 13.2 Å². The molecule has 0 unspecified atom stereocenters. The lowest BCUT2D eigenvalue weighted by Crippen LogP contribution is -2.35. The molecule has 3 aromatic carbocycles. The summed E-state index contributed by atoms with van der Waals surface area (Å²) in [5, 5.41) is 8.10. The van der Waals surface area contributed by atoms with Gasteiger partial charge in [0.05, 0.1) is 5.69 Å². The highest BCUT2D eigenvalue weighted by Crippen LogP contribution is 2.39. The Morgan fingerprint density at radius 1 is 0.902 bits per heavy atom. The Kier molecular flexibility index (Phi) is 8.31. The molecule has 41 heavy (non-hydrogen) atoms. The van der Waals surface area contributed by atoms with E-state index in [1.54, 1.807) is 60.7 Å². The number of hydrogen-bond donors (Lipinski definition) is 2. The Morgan fingerprint density at radius 2 is 1.54 bits per heavy atom. The summed E-state index contributed by atoms with van der Waals surface area (Å²) in [6.45, 7) is 4.31. The number of nitrogens with zero attached hydrogens (tertiary/aromatic N) is 2. The van der Waals surface area contributed by atoms with E-state index in [0.29, 0.717) is 11.3 Å². The fourth-order valence-electron chi connectivity index (χ4n) is 3.94. The minimum Gasteiger partial charge on any atom is -0.454 e. The third-order valence-corrected chi connectivity index (χ3v) is 5.72. The first kappa shape index (κ1) is 29.1. The van der Waals surface area contributed by atoms with Crippen LogP contribution in [0, 0.1) is 5.82 Å². The lowest BCUT2D eigenvalue weighted by molar-refractivity contribution is -0.143. The van der Waals surface area contributed by atoms with Crippen LogP contribution in [0.15, 0.2) is 78.9 Å². The van der Waals surface area contributed by atoms with E-state index in [9.17, 15) is 22.8 Å². The predicted octanol–water partition coefficient (Wildman–Crippen LogP) is 6.72. The van der Waals surface area contributed by atoms with Gasteiger partial charge in [-0.05, 0) is 35.2 Å². The third kappa shape index (κ3) is 7.02. The maximum absolute atomic E-state index is 15.3. The van der Waals surface area contributed by atoms with E-state index >= 15 is 4.39 Å². The van der Waals surface area contributed by atoms with Crippen LogP contribution in [0.25, 0.3) is 0 Å². The molecule has 2 amide bonds. The Balaban J connectivity index is 1.68. The van der Waals surface area contributed by atoms with Gasteiger partial charge >= 0.3 is 12.3 Å². The Labute approximate surface area is 232 Å². The first-order valence-corrected chi connectivity index (χ1v) is 12.4. The molecular formula is C29H26F4N4O4. The summed E-state index contributed by atoms with van der Waals surface area (Å²) >= 11 is 0. The second kappa shape index (κ2) is 11.7. The summed E-state index contributed by atoms with van der Waals surface area (Å²) in [6.07, 6.45) is -6.16. The smallest absolute Gasteiger partial charge is 0.435 e. The summed E-state index contributed by atoms with van der Waals surface area (Å²) < 4.78 is 63.0. The number of ether oxygens (including phenoxy) is 1. The summed E-state index contributed by atoms with van der Waals surface area (Å²) in [5.74, 6) is -2.06. The first-order chi connectivity index (χ1) is 19.3. The lowest BCUT2D eigenvalue weighted by Gasteiger charge is -2.21. The number of nitrogens with one attached hydrogen (secondary N) is 2. The van der Waals surface area contributed by atoms with Gasteiger partial charge in [0.1, 0.15) is 5.75 Å². The SMILES string of the molecule is CC(C)(C)c1c(C(F)(F)F)nn(OC(=O)NCc2ccccc2)c1C(=O)Nc1cccc(Oc2ccccc2)c1F. The molecule has 0 saturated carbocycles. The van der Waals surface area contributed by atoms with Gasteiger partial charge < -0.3 is 15.4 Å². The van der Waals surface area contributed by atoms with Crippen molar-refractivity contribution >= 4 is 17.7 Å². The van der Waals surface area contributed by atoms with Gasteiger partial charge in [0, 0.05) is 12.1 Å². The van der Waals surface area contributed by atoms with E-state index in [0.717, 1.165) is 0 Å². The van der Waals surface area contributed by atoms with Crippen LogP contribution in [0.1, 0.15) is 48.1 Å². The third-order valence-electron chi connectivity index (χ3n) is 5.72. The van der Waals surface area contributed by atoms with E-state index in [1.165, 1.54) is 39.0 Å². The molecule has 0 saturated heterocycles. The standard InChI is InChI=1S/C29H26F4N4O4/c1-28(2,3)22-24(26(38)35-20-15-10-16-21(23(20)30)40-19-13-8-5-9-14-19)37(36-25(22)29(31,32)33)41-27(39)34-17-18-11-6-4-7-12-18/h4-16H,17H2,1-3H3,(H,34,39)(H,35,38). The molecule has 2 N–H and O–H groups in total. The number of rotatable bonds is 7. The minimum absolute atomic E-state index is 0.000144. The number of benzene rings is 3. The molecule has 8 nitrogen and oxygen atoms in total. The normalized spacial score (nSPS) is 11.6. The quantitative estimate of drug-likeness (QED) is 0.241. The number of carbonyl (C=O) groups excluding carboxylic acids is 2. The van der Waals surface area contributed by atoms with Gasteiger partial charge in [-0.25, -0.2) is 9.18 Å². The summed E-state index contributed by atoms with van der Waals surface area (Å²) in [5.41, 5.74) is -3.67. The fraction of sp³-hybridized carbons (Fsp3) is 0.207. The highest BCUT2D eigenvalue weighted by Gasteiger charge is 2.45. The van der Waals surface area contributed by atoms with Crippen molar-refractivity contribution in [2.45, 2.75) is 38.9 Å². The van der Waals surface area contributed by atoms with Crippen LogP contribution in [-0.4, -0.2) is 21.9 Å². The van der Waals surface area contributed by atoms with Gasteiger partial charge in [-0.15, -0.1) is 5.10 Å². The second-order valence-corrected chi connectivity index (χ2v) is 9.90. The maximum atomic E-state index is 15.3. The Hall–Kier alpha value is -4.87. The molecule has 1 heterocycles. The number of amides is 2. The minimum atomic E-state index is -5.00. The van der Waals surface area contributed by atoms with Gasteiger partial charge in [0.25, 0.3) is 5.91 Å². The molecule has 0 fully saturated rings. The van der Waals surface area contributed by atoms with Gasteiger partial charge in [0.15, 0.2) is 23.0 Å². The van der Waals surface area contributed by atoms with Crippen LogP contribution >= 0.6 is 0 Å². The van der Waals surface area contributed by atoms with Gasteiger partial charge in [0.2, 0.25) is 0 Å². The molecule has 0 radical (unpaired) electrons. The molecule has 0 aliphatic rings.